The molecular weight excluding hydrogens is 310 g/mol. The molecule has 6 heteroatoms. The molecule has 1 aromatic rings. The SMILES string of the molecule is C#CCN(CCC)S(=O)(=O)c1sccc1Br. The van der Waals surface area contributed by atoms with Gasteiger partial charge in [-0.15, -0.1) is 17.8 Å². The van der Waals surface area contributed by atoms with Gasteiger partial charge in [-0.1, -0.05) is 12.8 Å². The van der Waals surface area contributed by atoms with Crippen LogP contribution in [0.4, 0.5) is 0 Å². The van der Waals surface area contributed by atoms with Gasteiger partial charge in [-0.3, -0.25) is 0 Å². The molecule has 1 rings (SSSR count). The maximum Gasteiger partial charge on any atom is 0.254 e. The number of hydrogen-bond donors (Lipinski definition) is 0. The van der Waals surface area contributed by atoms with Gasteiger partial charge < -0.3 is 0 Å². The summed E-state index contributed by atoms with van der Waals surface area (Å²) in [6.07, 6.45) is 5.92. The second-order valence-corrected chi connectivity index (χ2v) is 7.00. The molecule has 1 heterocycles. The lowest BCUT2D eigenvalue weighted by Gasteiger charge is -2.18. The molecule has 0 N–H and O–H groups in total. The number of rotatable bonds is 5. The zero-order valence-electron chi connectivity index (χ0n) is 8.81. The molecule has 0 bridgehead atoms. The monoisotopic (exact) mass is 321 g/mol. The van der Waals surface area contributed by atoms with Crippen molar-refractivity contribution in [2.24, 2.45) is 0 Å². The van der Waals surface area contributed by atoms with Crippen LogP contribution in [-0.4, -0.2) is 25.8 Å². The zero-order chi connectivity index (χ0) is 12.2. The predicted molar refractivity (Wildman–Crippen MR) is 69.9 cm³/mol. The average Bonchev–Trinajstić information content (AvgIpc) is 2.65. The lowest BCUT2D eigenvalue weighted by atomic mass is 10.5. The fraction of sp³-hybridized carbons (Fsp3) is 0.400. The minimum atomic E-state index is -3.45. The molecule has 0 aliphatic heterocycles. The summed E-state index contributed by atoms with van der Waals surface area (Å²) in [6, 6.07) is 1.72. The third-order valence-corrected chi connectivity index (χ3v) is 6.39. The number of nitrogens with zero attached hydrogens (tertiary/aromatic N) is 1. The molecule has 0 spiro atoms. The molecular formula is C10H12BrNO2S2. The Morgan fingerprint density at radius 2 is 2.31 bits per heavy atom. The predicted octanol–water partition coefficient (Wildman–Crippen LogP) is 2.54. The van der Waals surface area contributed by atoms with Crippen LogP contribution < -0.4 is 0 Å². The lowest BCUT2D eigenvalue weighted by molar-refractivity contribution is 0.447. The molecule has 0 saturated heterocycles. The van der Waals surface area contributed by atoms with Gasteiger partial charge in [0.25, 0.3) is 10.0 Å². The van der Waals surface area contributed by atoms with E-state index in [1.165, 1.54) is 15.6 Å². The lowest BCUT2D eigenvalue weighted by Crippen LogP contribution is -2.31. The highest BCUT2D eigenvalue weighted by Crippen LogP contribution is 2.30. The van der Waals surface area contributed by atoms with Gasteiger partial charge in [0, 0.05) is 11.0 Å². The summed E-state index contributed by atoms with van der Waals surface area (Å²) in [4.78, 5) is 0. The van der Waals surface area contributed by atoms with Crippen LogP contribution in [0.1, 0.15) is 13.3 Å². The number of hydrogen-bond acceptors (Lipinski definition) is 3. The third-order valence-electron chi connectivity index (χ3n) is 1.90. The molecule has 0 saturated carbocycles. The van der Waals surface area contributed by atoms with E-state index < -0.39 is 10.0 Å². The molecule has 0 aliphatic rings. The Morgan fingerprint density at radius 1 is 1.62 bits per heavy atom. The summed E-state index contributed by atoms with van der Waals surface area (Å²) in [5.74, 6) is 2.38. The van der Waals surface area contributed by atoms with E-state index in [0.29, 0.717) is 15.2 Å². The molecule has 0 atom stereocenters. The van der Waals surface area contributed by atoms with E-state index >= 15 is 0 Å². The van der Waals surface area contributed by atoms with Gasteiger partial charge >= 0.3 is 0 Å². The number of halogens is 1. The van der Waals surface area contributed by atoms with Crippen molar-refractivity contribution in [3.8, 4) is 12.3 Å². The summed E-state index contributed by atoms with van der Waals surface area (Å²) in [5.41, 5.74) is 0. The van der Waals surface area contributed by atoms with E-state index in [2.05, 4.69) is 21.9 Å². The van der Waals surface area contributed by atoms with Crippen molar-refractivity contribution < 1.29 is 8.42 Å². The van der Waals surface area contributed by atoms with E-state index in [0.717, 1.165) is 6.42 Å². The van der Waals surface area contributed by atoms with Crippen LogP contribution in [0.2, 0.25) is 0 Å². The molecule has 0 aromatic carbocycles. The van der Waals surface area contributed by atoms with Gasteiger partial charge in [0.05, 0.1) is 6.54 Å². The van der Waals surface area contributed by atoms with Crippen LogP contribution in [-0.2, 0) is 10.0 Å². The quantitative estimate of drug-likeness (QED) is 0.781. The standard InChI is InChI=1S/C10H12BrNO2S2/c1-3-6-12(7-4-2)16(13,14)10-9(11)5-8-15-10/h1,5,8H,4,6-7H2,2H3. The van der Waals surface area contributed by atoms with E-state index in [4.69, 9.17) is 6.42 Å². The number of sulfonamides is 1. The van der Waals surface area contributed by atoms with Crippen molar-refractivity contribution in [3.63, 3.8) is 0 Å². The van der Waals surface area contributed by atoms with Gasteiger partial charge in [-0.25, -0.2) is 8.42 Å². The highest BCUT2D eigenvalue weighted by Gasteiger charge is 2.26. The third kappa shape index (κ3) is 2.86. The van der Waals surface area contributed by atoms with Crippen molar-refractivity contribution in [3.05, 3.63) is 15.9 Å². The van der Waals surface area contributed by atoms with E-state index in [-0.39, 0.29) is 6.54 Å². The molecule has 0 radical (unpaired) electrons. The first kappa shape index (κ1) is 13.7. The molecule has 0 fully saturated rings. The van der Waals surface area contributed by atoms with Crippen LogP contribution in [0, 0.1) is 12.3 Å². The summed E-state index contributed by atoms with van der Waals surface area (Å²) >= 11 is 4.42. The Morgan fingerprint density at radius 3 is 2.75 bits per heavy atom. The van der Waals surface area contributed by atoms with Crippen LogP contribution in [0.5, 0.6) is 0 Å². The molecule has 1 aromatic heterocycles. The van der Waals surface area contributed by atoms with Crippen molar-refractivity contribution >= 4 is 37.3 Å². The van der Waals surface area contributed by atoms with Crippen LogP contribution in [0.15, 0.2) is 20.1 Å². The van der Waals surface area contributed by atoms with E-state index in [1.54, 1.807) is 11.4 Å². The zero-order valence-corrected chi connectivity index (χ0v) is 12.0. The molecule has 88 valence electrons. The highest BCUT2D eigenvalue weighted by molar-refractivity contribution is 9.10. The van der Waals surface area contributed by atoms with Crippen LogP contribution in [0.3, 0.4) is 0 Å². The minimum Gasteiger partial charge on any atom is -0.206 e. The Bertz CT molecular complexity index is 487. The molecule has 0 aliphatic carbocycles. The molecule has 0 amide bonds. The summed E-state index contributed by atoms with van der Waals surface area (Å²) in [6.45, 7) is 2.47. The largest absolute Gasteiger partial charge is 0.254 e. The van der Waals surface area contributed by atoms with Crippen LogP contribution >= 0.6 is 27.3 Å². The van der Waals surface area contributed by atoms with E-state index in [1.807, 2.05) is 6.92 Å². The normalized spacial score (nSPS) is 11.6. The average molecular weight is 322 g/mol. The van der Waals surface area contributed by atoms with Gasteiger partial charge in [0.1, 0.15) is 4.21 Å². The maximum atomic E-state index is 12.2. The first-order valence-electron chi connectivity index (χ1n) is 4.70. The number of terminal acetylenes is 1. The summed E-state index contributed by atoms with van der Waals surface area (Å²) < 4.78 is 26.6. The van der Waals surface area contributed by atoms with Crippen LogP contribution in [0.25, 0.3) is 0 Å². The summed E-state index contributed by atoms with van der Waals surface area (Å²) in [7, 11) is -3.45. The Labute approximate surface area is 109 Å². The van der Waals surface area contributed by atoms with Crippen molar-refractivity contribution in [1.82, 2.24) is 4.31 Å². The van der Waals surface area contributed by atoms with Gasteiger partial charge in [0.2, 0.25) is 0 Å². The Kier molecular flexibility index (Phi) is 4.99. The minimum absolute atomic E-state index is 0.112. The maximum absolute atomic E-state index is 12.2. The van der Waals surface area contributed by atoms with Gasteiger partial charge in [-0.2, -0.15) is 4.31 Å². The van der Waals surface area contributed by atoms with Gasteiger partial charge in [0.15, 0.2) is 0 Å². The number of thiophene rings is 1. The smallest absolute Gasteiger partial charge is 0.206 e. The Balaban J connectivity index is 3.09. The summed E-state index contributed by atoms with van der Waals surface area (Å²) in [5, 5.41) is 1.73. The fourth-order valence-corrected chi connectivity index (χ4v) is 5.11. The Hall–Kier alpha value is -0.350. The van der Waals surface area contributed by atoms with Crippen molar-refractivity contribution in [2.75, 3.05) is 13.1 Å². The first-order valence-corrected chi connectivity index (χ1v) is 7.82. The second-order valence-electron chi connectivity index (χ2n) is 3.10. The fourth-order valence-electron chi connectivity index (χ4n) is 1.22. The highest BCUT2D eigenvalue weighted by atomic mass is 79.9. The topological polar surface area (TPSA) is 37.4 Å². The first-order chi connectivity index (χ1) is 7.54. The van der Waals surface area contributed by atoms with Crippen molar-refractivity contribution in [1.29, 1.82) is 0 Å². The van der Waals surface area contributed by atoms with Gasteiger partial charge in [-0.05, 0) is 33.8 Å². The molecule has 0 unspecified atom stereocenters. The molecule has 3 nitrogen and oxygen atoms in total. The van der Waals surface area contributed by atoms with Crippen molar-refractivity contribution in [2.45, 2.75) is 17.6 Å². The molecule has 16 heavy (non-hydrogen) atoms. The van der Waals surface area contributed by atoms with E-state index in [9.17, 15) is 8.42 Å². The second kappa shape index (κ2) is 5.82.